The third-order valence-electron chi connectivity index (χ3n) is 3.91. The van der Waals surface area contributed by atoms with Gasteiger partial charge in [0.2, 0.25) is 5.91 Å². The molecule has 1 N–H and O–H groups in total. The number of ether oxygens (including phenoxy) is 1. The van der Waals surface area contributed by atoms with Crippen molar-refractivity contribution in [3.63, 3.8) is 0 Å². The van der Waals surface area contributed by atoms with Gasteiger partial charge in [-0.25, -0.2) is 4.99 Å². The van der Waals surface area contributed by atoms with Gasteiger partial charge in [0.05, 0.1) is 24.7 Å². The van der Waals surface area contributed by atoms with E-state index >= 15 is 0 Å². The van der Waals surface area contributed by atoms with Crippen LogP contribution in [0.25, 0.3) is 11.5 Å². The summed E-state index contributed by atoms with van der Waals surface area (Å²) in [5.41, 5.74) is 1.82. The SMILES string of the molecule is Cc1noc(-c2c(NC(=O)C3C=CC(=O)N=C3)sc3c2CCOC3)n1. The molecule has 8 nitrogen and oxygen atoms in total. The van der Waals surface area contributed by atoms with Crippen LogP contribution in [0.15, 0.2) is 21.7 Å². The highest BCUT2D eigenvalue weighted by Gasteiger charge is 2.28. The Balaban J connectivity index is 1.68. The predicted molar refractivity (Wildman–Crippen MR) is 90.5 cm³/mol. The van der Waals surface area contributed by atoms with Crippen molar-refractivity contribution >= 4 is 34.4 Å². The lowest BCUT2D eigenvalue weighted by atomic mass is 10.0. The molecule has 0 saturated heterocycles. The summed E-state index contributed by atoms with van der Waals surface area (Å²) in [6.07, 6.45) is 4.88. The number of aliphatic imine (C=N–C) groups is 1. The smallest absolute Gasteiger partial charge is 0.269 e. The van der Waals surface area contributed by atoms with Crippen LogP contribution in [-0.2, 0) is 27.4 Å². The van der Waals surface area contributed by atoms with Crippen LogP contribution in [0.4, 0.5) is 5.00 Å². The number of nitrogens with zero attached hydrogens (tertiary/aromatic N) is 3. The number of fused-ring (bicyclic) bond motifs is 1. The highest BCUT2D eigenvalue weighted by atomic mass is 32.1. The molecule has 0 aliphatic carbocycles. The Hall–Kier alpha value is -2.65. The molecule has 4 rings (SSSR count). The number of hydrogen-bond donors (Lipinski definition) is 1. The average molecular weight is 358 g/mol. The van der Waals surface area contributed by atoms with Crippen LogP contribution in [-0.4, -0.2) is 34.8 Å². The Morgan fingerprint density at radius 1 is 1.44 bits per heavy atom. The van der Waals surface area contributed by atoms with Crippen molar-refractivity contribution in [3.8, 4) is 11.5 Å². The number of nitrogens with one attached hydrogen (secondary N) is 1. The molecule has 25 heavy (non-hydrogen) atoms. The fourth-order valence-corrected chi connectivity index (χ4v) is 3.91. The number of anilines is 1. The van der Waals surface area contributed by atoms with Crippen molar-refractivity contribution in [2.75, 3.05) is 11.9 Å². The molecule has 0 fully saturated rings. The third kappa shape index (κ3) is 3.03. The number of aryl methyl sites for hydroxylation is 1. The number of dihydropyridines is 1. The van der Waals surface area contributed by atoms with E-state index < -0.39 is 5.92 Å². The number of amides is 2. The van der Waals surface area contributed by atoms with Crippen molar-refractivity contribution in [2.24, 2.45) is 10.9 Å². The molecule has 2 aromatic heterocycles. The van der Waals surface area contributed by atoms with Crippen LogP contribution in [0.1, 0.15) is 16.3 Å². The summed E-state index contributed by atoms with van der Waals surface area (Å²) < 4.78 is 10.8. The minimum absolute atomic E-state index is 0.274. The van der Waals surface area contributed by atoms with Crippen molar-refractivity contribution in [1.82, 2.24) is 10.1 Å². The fourth-order valence-electron chi connectivity index (χ4n) is 2.73. The molecule has 9 heteroatoms. The van der Waals surface area contributed by atoms with Gasteiger partial charge in [-0.15, -0.1) is 11.3 Å². The predicted octanol–water partition coefficient (Wildman–Crippen LogP) is 1.90. The second kappa shape index (κ2) is 6.34. The molecular formula is C16H14N4O4S. The van der Waals surface area contributed by atoms with Crippen molar-refractivity contribution in [3.05, 3.63) is 28.4 Å². The van der Waals surface area contributed by atoms with Gasteiger partial charge in [0.1, 0.15) is 5.00 Å². The van der Waals surface area contributed by atoms with Crippen LogP contribution < -0.4 is 5.32 Å². The van der Waals surface area contributed by atoms with Crippen LogP contribution in [0.2, 0.25) is 0 Å². The van der Waals surface area contributed by atoms with E-state index in [2.05, 4.69) is 20.4 Å². The van der Waals surface area contributed by atoms with E-state index in [1.54, 1.807) is 6.92 Å². The maximum absolute atomic E-state index is 12.5. The molecule has 4 heterocycles. The lowest BCUT2D eigenvalue weighted by molar-refractivity contribution is -0.116. The van der Waals surface area contributed by atoms with Crippen LogP contribution >= 0.6 is 11.3 Å². The molecule has 128 valence electrons. The quantitative estimate of drug-likeness (QED) is 0.898. The second-order valence-corrected chi connectivity index (χ2v) is 6.75. The van der Waals surface area contributed by atoms with E-state index in [1.807, 2.05) is 0 Å². The highest BCUT2D eigenvalue weighted by Crippen LogP contribution is 2.42. The summed E-state index contributed by atoms with van der Waals surface area (Å²) >= 11 is 1.44. The first-order chi connectivity index (χ1) is 12.1. The highest BCUT2D eigenvalue weighted by molar-refractivity contribution is 7.17. The van der Waals surface area contributed by atoms with Gasteiger partial charge in [0.15, 0.2) is 5.82 Å². The van der Waals surface area contributed by atoms with Gasteiger partial charge in [0, 0.05) is 17.2 Å². The molecule has 1 atom stereocenters. The van der Waals surface area contributed by atoms with E-state index in [-0.39, 0.29) is 11.8 Å². The summed E-state index contributed by atoms with van der Waals surface area (Å²) in [6.45, 7) is 2.85. The maximum atomic E-state index is 12.5. The molecule has 0 bridgehead atoms. The minimum Gasteiger partial charge on any atom is -0.376 e. The van der Waals surface area contributed by atoms with Crippen LogP contribution in [0.5, 0.6) is 0 Å². The molecule has 0 saturated carbocycles. The Morgan fingerprint density at radius 3 is 3.04 bits per heavy atom. The molecule has 1 unspecified atom stereocenters. The number of rotatable bonds is 3. The van der Waals surface area contributed by atoms with Crippen LogP contribution in [0, 0.1) is 12.8 Å². The first kappa shape index (κ1) is 15.9. The summed E-state index contributed by atoms with van der Waals surface area (Å²) in [5, 5.41) is 7.39. The van der Waals surface area contributed by atoms with E-state index in [1.165, 1.54) is 29.7 Å². The lowest BCUT2D eigenvalue weighted by Gasteiger charge is -2.12. The lowest BCUT2D eigenvalue weighted by Crippen LogP contribution is -2.24. The zero-order chi connectivity index (χ0) is 17.4. The first-order valence-electron chi connectivity index (χ1n) is 7.72. The molecule has 0 spiro atoms. The maximum Gasteiger partial charge on any atom is 0.269 e. The third-order valence-corrected chi connectivity index (χ3v) is 5.03. The van der Waals surface area contributed by atoms with Gasteiger partial charge in [0.25, 0.3) is 11.8 Å². The number of aromatic nitrogens is 2. The average Bonchev–Trinajstić information content (AvgIpc) is 3.18. The molecule has 2 aromatic rings. The number of hydrogen-bond acceptors (Lipinski definition) is 7. The van der Waals surface area contributed by atoms with Gasteiger partial charge in [-0.1, -0.05) is 11.2 Å². The van der Waals surface area contributed by atoms with Crippen molar-refractivity contribution < 1.29 is 18.8 Å². The normalized spacial score (nSPS) is 19.1. The van der Waals surface area contributed by atoms with Gasteiger partial charge >= 0.3 is 0 Å². The topological polar surface area (TPSA) is 107 Å². The monoisotopic (exact) mass is 358 g/mol. The Kier molecular flexibility index (Phi) is 4.02. The largest absolute Gasteiger partial charge is 0.376 e. The number of carbonyl (C=O) groups excluding carboxylic acids is 2. The molecule has 0 radical (unpaired) electrons. The molecule has 2 amide bonds. The van der Waals surface area contributed by atoms with Crippen molar-refractivity contribution in [1.29, 1.82) is 0 Å². The van der Waals surface area contributed by atoms with E-state index in [0.717, 1.165) is 22.4 Å². The first-order valence-corrected chi connectivity index (χ1v) is 8.53. The summed E-state index contributed by atoms with van der Waals surface area (Å²) in [5.74, 6) is -0.319. The zero-order valence-corrected chi connectivity index (χ0v) is 14.1. The zero-order valence-electron chi connectivity index (χ0n) is 13.3. The Bertz CT molecular complexity index is 895. The summed E-state index contributed by atoms with van der Waals surface area (Å²) in [4.78, 5) is 32.6. The number of carbonyl (C=O) groups is 2. The van der Waals surface area contributed by atoms with Crippen molar-refractivity contribution in [2.45, 2.75) is 20.0 Å². The second-order valence-electron chi connectivity index (χ2n) is 5.65. The standard InChI is InChI=1S/C16H14N4O4S/c1-8-18-15(24-20-8)13-10-4-5-23-7-11(10)25-16(13)19-14(22)9-2-3-12(21)17-6-9/h2-3,6,9H,4-5,7H2,1H3,(H,19,22). The van der Waals surface area contributed by atoms with E-state index in [4.69, 9.17) is 9.26 Å². The molecule has 0 aromatic carbocycles. The van der Waals surface area contributed by atoms with Gasteiger partial charge in [-0.3, -0.25) is 9.59 Å². The van der Waals surface area contributed by atoms with E-state index in [0.29, 0.717) is 29.9 Å². The molecule has 2 aliphatic rings. The van der Waals surface area contributed by atoms with Gasteiger partial charge in [-0.2, -0.15) is 4.98 Å². The summed E-state index contributed by atoms with van der Waals surface area (Å²) in [6, 6.07) is 0. The van der Waals surface area contributed by atoms with Crippen LogP contribution in [0.3, 0.4) is 0 Å². The number of thiophene rings is 1. The summed E-state index contributed by atoms with van der Waals surface area (Å²) in [7, 11) is 0. The molecular weight excluding hydrogens is 344 g/mol. The van der Waals surface area contributed by atoms with Gasteiger partial charge in [-0.05, 0) is 18.9 Å². The Labute approximate surface area is 146 Å². The van der Waals surface area contributed by atoms with E-state index in [9.17, 15) is 9.59 Å². The van der Waals surface area contributed by atoms with Gasteiger partial charge < -0.3 is 14.6 Å². The molecule has 2 aliphatic heterocycles. The Morgan fingerprint density at radius 2 is 2.32 bits per heavy atom. The fraction of sp³-hybridized carbons (Fsp3) is 0.312. The minimum atomic E-state index is -0.592.